The smallest absolute Gasteiger partial charge is 0.230 e. The predicted molar refractivity (Wildman–Crippen MR) is 87.2 cm³/mol. The summed E-state index contributed by atoms with van der Waals surface area (Å²) in [6.45, 7) is -0.287. The molecule has 2 rings (SSSR count). The fourth-order valence-electron chi connectivity index (χ4n) is 3.34. The van der Waals surface area contributed by atoms with Gasteiger partial charge in [0, 0.05) is 4.92 Å². The molecule has 2 aliphatic rings. The van der Waals surface area contributed by atoms with Crippen LogP contribution < -0.4 is 0 Å². The van der Waals surface area contributed by atoms with Crippen molar-refractivity contribution in [1.29, 1.82) is 0 Å². The average molecular weight is 328 g/mol. The zero-order valence-electron chi connectivity index (χ0n) is 13.6. The van der Waals surface area contributed by atoms with Gasteiger partial charge in [0.15, 0.2) is 0 Å². The summed E-state index contributed by atoms with van der Waals surface area (Å²) in [6, 6.07) is 0. The molecule has 1 atom stereocenters. The largest absolute Gasteiger partial charge is 0.386 e. The first kappa shape index (κ1) is 19.5. The molecule has 2 fully saturated rings. The predicted octanol–water partition coefficient (Wildman–Crippen LogP) is 3.56. The molecule has 132 valence electrons. The highest BCUT2D eigenvalue weighted by Crippen LogP contribution is 2.26. The quantitative estimate of drug-likeness (QED) is 0.613. The third kappa shape index (κ3) is 9.28. The van der Waals surface area contributed by atoms with Gasteiger partial charge in [-0.1, -0.05) is 38.5 Å². The maximum Gasteiger partial charge on any atom is 0.230 e. The van der Waals surface area contributed by atoms with E-state index in [0.29, 0.717) is 5.92 Å². The van der Waals surface area contributed by atoms with Gasteiger partial charge in [-0.25, -0.2) is 0 Å². The molecule has 0 radical (unpaired) electrons. The van der Waals surface area contributed by atoms with Gasteiger partial charge in [-0.2, -0.15) is 0 Å². The van der Waals surface area contributed by atoms with Crippen LogP contribution in [0.25, 0.3) is 0 Å². The van der Waals surface area contributed by atoms with Crippen molar-refractivity contribution in [3.05, 3.63) is 32.5 Å². The third-order valence-corrected chi connectivity index (χ3v) is 4.66. The Hall–Kier alpha value is -1.50. The molecule has 0 aromatic carbocycles. The summed E-state index contributed by atoms with van der Waals surface area (Å²) in [7, 11) is 0. The maximum absolute atomic E-state index is 10.1. The zero-order valence-corrected chi connectivity index (χ0v) is 13.6. The van der Waals surface area contributed by atoms with Crippen molar-refractivity contribution >= 4 is 0 Å². The molecule has 1 N–H and O–H groups in total. The van der Waals surface area contributed by atoms with Crippen molar-refractivity contribution in [1.82, 2.24) is 0 Å². The maximum atomic E-state index is 10.1. The molecule has 2 saturated carbocycles. The summed E-state index contributed by atoms with van der Waals surface area (Å²) in [5.74, 6) is 0.637. The van der Waals surface area contributed by atoms with Crippen LogP contribution in [0, 0.1) is 32.1 Å². The van der Waals surface area contributed by atoms with Gasteiger partial charge in [0.2, 0.25) is 12.7 Å². The molecule has 0 heterocycles. The summed E-state index contributed by atoms with van der Waals surface area (Å²) in [6.07, 6.45) is 13.4. The molecule has 0 aromatic heterocycles. The van der Waals surface area contributed by atoms with E-state index in [-0.39, 0.29) is 17.4 Å². The minimum atomic E-state index is -0.722. The van der Waals surface area contributed by atoms with Crippen molar-refractivity contribution in [3.63, 3.8) is 0 Å². The van der Waals surface area contributed by atoms with E-state index in [1.54, 1.807) is 6.08 Å². The van der Waals surface area contributed by atoms with Gasteiger partial charge in [0.1, 0.15) is 6.10 Å². The van der Waals surface area contributed by atoms with E-state index < -0.39 is 11.0 Å². The van der Waals surface area contributed by atoms with E-state index in [1.165, 1.54) is 25.7 Å². The molecular formula is C16H28N2O5. The number of allylic oxidation sites excluding steroid dienone is 1. The van der Waals surface area contributed by atoms with Crippen LogP contribution in [0.15, 0.2) is 12.3 Å². The van der Waals surface area contributed by atoms with Crippen LogP contribution in [0.3, 0.4) is 0 Å². The highest BCUT2D eigenvalue weighted by molar-refractivity contribution is 4.84. The van der Waals surface area contributed by atoms with Crippen LogP contribution in [0.1, 0.15) is 64.2 Å². The van der Waals surface area contributed by atoms with Gasteiger partial charge in [-0.05, 0) is 43.6 Å². The van der Waals surface area contributed by atoms with Crippen molar-refractivity contribution in [2.24, 2.45) is 11.8 Å². The normalized spacial score (nSPS) is 21.4. The molecule has 0 saturated heterocycles. The van der Waals surface area contributed by atoms with E-state index >= 15 is 0 Å². The topological polar surface area (TPSA) is 107 Å². The standard InChI is InChI=1S/C8H15NO3.C8H13NO2/c10-8(6-9(11)12)7-4-2-1-3-5-7;10-9(11)7-6-8-4-2-1-3-5-8/h7-8,10H,1-6H2;6-8H,1-5H2/b;7-6+. The van der Waals surface area contributed by atoms with Crippen molar-refractivity contribution in [3.8, 4) is 0 Å². The van der Waals surface area contributed by atoms with Gasteiger partial charge in [0.05, 0.1) is 4.92 Å². The van der Waals surface area contributed by atoms with Crippen molar-refractivity contribution in [2.75, 3.05) is 6.54 Å². The van der Waals surface area contributed by atoms with Crippen LogP contribution >= 0.6 is 0 Å². The number of hydrogen-bond donors (Lipinski definition) is 1. The Kier molecular flexibility index (Phi) is 9.43. The summed E-state index contributed by atoms with van der Waals surface area (Å²) < 4.78 is 0. The summed E-state index contributed by atoms with van der Waals surface area (Å²) in [5, 5.41) is 29.5. The van der Waals surface area contributed by atoms with Gasteiger partial charge in [-0.3, -0.25) is 20.2 Å². The molecule has 0 bridgehead atoms. The lowest BCUT2D eigenvalue weighted by Gasteiger charge is -2.23. The molecule has 7 nitrogen and oxygen atoms in total. The summed E-state index contributed by atoms with van der Waals surface area (Å²) in [5.41, 5.74) is 0. The fraction of sp³-hybridized carbons (Fsp3) is 0.875. The van der Waals surface area contributed by atoms with Crippen LogP contribution in [0.2, 0.25) is 0 Å². The first-order chi connectivity index (χ1) is 11.0. The minimum Gasteiger partial charge on any atom is -0.386 e. The fourth-order valence-corrected chi connectivity index (χ4v) is 3.34. The molecule has 0 spiro atoms. The Morgan fingerprint density at radius 2 is 1.48 bits per heavy atom. The van der Waals surface area contributed by atoms with Crippen LogP contribution in [-0.4, -0.2) is 27.6 Å². The molecular weight excluding hydrogens is 300 g/mol. The van der Waals surface area contributed by atoms with Gasteiger partial charge in [0.25, 0.3) is 0 Å². The SMILES string of the molecule is O=[N+]([O-])/C=C/C1CCCCC1.O=[N+]([O-])CC(O)C1CCCCC1. The first-order valence-electron chi connectivity index (χ1n) is 8.60. The van der Waals surface area contributed by atoms with Crippen LogP contribution in [0.5, 0.6) is 0 Å². The van der Waals surface area contributed by atoms with Gasteiger partial charge >= 0.3 is 0 Å². The van der Waals surface area contributed by atoms with E-state index in [2.05, 4.69) is 0 Å². The molecule has 1 unspecified atom stereocenters. The number of hydrogen-bond acceptors (Lipinski definition) is 5. The highest BCUT2D eigenvalue weighted by atomic mass is 16.6. The molecule has 2 aliphatic carbocycles. The van der Waals surface area contributed by atoms with E-state index in [0.717, 1.165) is 44.7 Å². The van der Waals surface area contributed by atoms with Crippen molar-refractivity contribution in [2.45, 2.75) is 70.3 Å². The Bertz CT molecular complexity index is 388. The second-order valence-corrected chi connectivity index (χ2v) is 6.51. The Morgan fingerprint density at radius 1 is 0.957 bits per heavy atom. The van der Waals surface area contributed by atoms with E-state index in [4.69, 9.17) is 0 Å². The van der Waals surface area contributed by atoms with E-state index in [1.807, 2.05) is 0 Å². The Balaban J connectivity index is 0.000000231. The lowest BCUT2D eigenvalue weighted by Crippen LogP contribution is -2.29. The first-order valence-corrected chi connectivity index (χ1v) is 8.60. The second-order valence-electron chi connectivity index (χ2n) is 6.51. The molecule has 0 aromatic rings. The lowest BCUT2D eigenvalue weighted by atomic mass is 9.85. The monoisotopic (exact) mass is 328 g/mol. The van der Waals surface area contributed by atoms with Crippen LogP contribution in [-0.2, 0) is 0 Å². The lowest BCUT2D eigenvalue weighted by molar-refractivity contribution is -0.492. The molecule has 23 heavy (non-hydrogen) atoms. The summed E-state index contributed by atoms with van der Waals surface area (Å²) >= 11 is 0. The molecule has 0 aliphatic heterocycles. The zero-order chi connectivity index (χ0) is 17.1. The minimum absolute atomic E-state index is 0.171. The number of nitro groups is 2. The van der Waals surface area contributed by atoms with Crippen LogP contribution in [0.4, 0.5) is 0 Å². The average Bonchev–Trinajstić information content (AvgIpc) is 2.55. The third-order valence-electron chi connectivity index (χ3n) is 4.66. The number of aliphatic hydroxyl groups is 1. The van der Waals surface area contributed by atoms with Gasteiger partial charge < -0.3 is 5.11 Å². The number of rotatable bonds is 5. The summed E-state index contributed by atoms with van der Waals surface area (Å²) in [4.78, 5) is 19.2. The number of nitrogens with zero attached hydrogens (tertiary/aromatic N) is 2. The second kappa shape index (κ2) is 11.1. The van der Waals surface area contributed by atoms with Gasteiger partial charge in [-0.15, -0.1) is 0 Å². The molecule has 0 amide bonds. The molecule has 7 heteroatoms. The number of aliphatic hydroxyl groups excluding tert-OH is 1. The Morgan fingerprint density at radius 3 is 1.96 bits per heavy atom. The van der Waals surface area contributed by atoms with Crippen molar-refractivity contribution < 1.29 is 15.0 Å². The van der Waals surface area contributed by atoms with E-state index in [9.17, 15) is 25.3 Å². The highest BCUT2D eigenvalue weighted by Gasteiger charge is 2.25. The Labute approximate surface area is 137 Å².